The standard InChI is InChI=1S/C9H13N2O/c1-3-11(9(2)12)10-7-5-4-6-8-10/h4-8H,3H2,1-2H3/q+1. The number of rotatable bonds is 2. The van der Waals surface area contributed by atoms with Crippen molar-refractivity contribution in [2.45, 2.75) is 13.8 Å². The third-order valence-corrected chi connectivity index (χ3v) is 1.64. The molecule has 1 aromatic rings. The average molecular weight is 165 g/mol. The molecule has 0 bridgehead atoms. The lowest BCUT2D eigenvalue weighted by molar-refractivity contribution is -0.683. The Morgan fingerprint density at radius 3 is 2.33 bits per heavy atom. The van der Waals surface area contributed by atoms with Crippen LogP contribution in [0.5, 0.6) is 0 Å². The highest BCUT2D eigenvalue weighted by Gasteiger charge is 2.14. The van der Waals surface area contributed by atoms with Crippen LogP contribution in [0.4, 0.5) is 0 Å². The zero-order valence-corrected chi connectivity index (χ0v) is 7.40. The van der Waals surface area contributed by atoms with Crippen LogP contribution in [0, 0.1) is 0 Å². The summed E-state index contributed by atoms with van der Waals surface area (Å²) in [7, 11) is 0. The number of aromatic nitrogens is 1. The number of nitrogens with zero attached hydrogens (tertiary/aromatic N) is 2. The maximum atomic E-state index is 11.1. The van der Waals surface area contributed by atoms with E-state index in [0.29, 0.717) is 6.54 Å². The highest BCUT2D eigenvalue weighted by Crippen LogP contribution is 1.82. The average Bonchev–Trinajstić information content (AvgIpc) is 2.07. The second-order valence-corrected chi connectivity index (χ2v) is 2.49. The summed E-state index contributed by atoms with van der Waals surface area (Å²) in [6, 6.07) is 5.71. The molecule has 1 amide bonds. The number of carbonyl (C=O) groups excluding carboxylic acids is 1. The summed E-state index contributed by atoms with van der Waals surface area (Å²) in [5, 5.41) is 1.65. The van der Waals surface area contributed by atoms with Gasteiger partial charge in [-0.1, -0.05) is 10.7 Å². The molecule has 64 valence electrons. The number of amides is 1. The van der Waals surface area contributed by atoms with Gasteiger partial charge in [-0.2, -0.15) is 0 Å². The molecule has 0 aromatic carbocycles. The van der Waals surface area contributed by atoms with Gasteiger partial charge in [-0.05, 0) is 6.92 Å². The van der Waals surface area contributed by atoms with Crippen LogP contribution in [-0.2, 0) is 4.79 Å². The van der Waals surface area contributed by atoms with Gasteiger partial charge in [-0.25, -0.2) is 0 Å². The number of hydrogen-bond donors (Lipinski definition) is 0. The van der Waals surface area contributed by atoms with Crippen molar-refractivity contribution in [3.63, 3.8) is 0 Å². The Hall–Kier alpha value is -1.38. The second kappa shape index (κ2) is 3.85. The molecule has 0 unspecified atom stereocenters. The van der Waals surface area contributed by atoms with Crippen LogP contribution in [0.15, 0.2) is 30.6 Å². The summed E-state index contributed by atoms with van der Waals surface area (Å²) < 4.78 is 1.78. The molecule has 0 saturated heterocycles. The van der Waals surface area contributed by atoms with Gasteiger partial charge in [0.2, 0.25) is 0 Å². The Morgan fingerprint density at radius 1 is 1.33 bits per heavy atom. The van der Waals surface area contributed by atoms with Crippen molar-refractivity contribution in [2.75, 3.05) is 11.6 Å². The number of pyridine rings is 1. The van der Waals surface area contributed by atoms with Crippen LogP contribution in [-0.4, -0.2) is 12.5 Å². The van der Waals surface area contributed by atoms with Gasteiger partial charge in [-0.15, -0.1) is 5.01 Å². The van der Waals surface area contributed by atoms with Crippen LogP contribution >= 0.6 is 0 Å². The quantitative estimate of drug-likeness (QED) is 0.585. The predicted molar refractivity (Wildman–Crippen MR) is 46.1 cm³/mol. The summed E-state index contributed by atoms with van der Waals surface area (Å²) in [5.41, 5.74) is 0. The lowest BCUT2D eigenvalue weighted by Crippen LogP contribution is -2.59. The Bertz CT molecular complexity index is 258. The third-order valence-electron chi connectivity index (χ3n) is 1.64. The minimum absolute atomic E-state index is 0.0497. The Balaban J connectivity index is 2.88. The molecule has 1 rings (SSSR count). The molecule has 0 aliphatic carbocycles. The first-order chi connectivity index (χ1) is 5.75. The van der Waals surface area contributed by atoms with Crippen LogP contribution in [0.2, 0.25) is 0 Å². The Morgan fingerprint density at radius 2 is 1.92 bits per heavy atom. The highest BCUT2D eigenvalue weighted by atomic mass is 16.2. The molecule has 0 N–H and O–H groups in total. The number of carbonyl (C=O) groups is 1. The maximum Gasteiger partial charge on any atom is 0.274 e. The van der Waals surface area contributed by atoms with Gasteiger partial charge in [0, 0.05) is 19.1 Å². The van der Waals surface area contributed by atoms with E-state index in [-0.39, 0.29) is 5.91 Å². The van der Waals surface area contributed by atoms with Crippen LogP contribution in [0.1, 0.15) is 13.8 Å². The zero-order chi connectivity index (χ0) is 8.97. The Kier molecular flexibility index (Phi) is 2.80. The molecule has 1 aromatic heterocycles. The molecule has 12 heavy (non-hydrogen) atoms. The minimum Gasteiger partial charge on any atom is -0.269 e. The van der Waals surface area contributed by atoms with E-state index in [2.05, 4.69) is 0 Å². The fourth-order valence-electron chi connectivity index (χ4n) is 1.10. The first-order valence-electron chi connectivity index (χ1n) is 4.00. The van der Waals surface area contributed by atoms with Crippen molar-refractivity contribution in [3.8, 4) is 0 Å². The normalized spacial score (nSPS) is 9.50. The second-order valence-electron chi connectivity index (χ2n) is 2.49. The first-order valence-corrected chi connectivity index (χ1v) is 4.00. The van der Waals surface area contributed by atoms with Gasteiger partial charge in [0.15, 0.2) is 12.4 Å². The summed E-state index contributed by atoms with van der Waals surface area (Å²) in [6.45, 7) is 4.19. The fraction of sp³-hybridized carbons (Fsp3) is 0.333. The van der Waals surface area contributed by atoms with E-state index >= 15 is 0 Å². The van der Waals surface area contributed by atoms with Crippen molar-refractivity contribution in [3.05, 3.63) is 30.6 Å². The molecule has 0 aliphatic rings. The lowest BCUT2D eigenvalue weighted by Gasteiger charge is -2.10. The van der Waals surface area contributed by atoms with Crippen molar-refractivity contribution < 1.29 is 9.47 Å². The first kappa shape index (κ1) is 8.71. The zero-order valence-electron chi connectivity index (χ0n) is 7.40. The lowest BCUT2D eigenvalue weighted by atomic mass is 10.5. The van der Waals surface area contributed by atoms with Crippen molar-refractivity contribution in [1.29, 1.82) is 0 Å². The summed E-state index contributed by atoms with van der Waals surface area (Å²) in [6.07, 6.45) is 3.70. The number of hydrogen-bond acceptors (Lipinski definition) is 1. The van der Waals surface area contributed by atoms with E-state index in [1.165, 1.54) is 0 Å². The van der Waals surface area contributed by atoms with Gasteiger partial charge in [0.1, 0.15) is 0 Å². The molecular weight excluding hydrogens is 152 g/mol. The van der Waals surface area contributed by atoms with Gasteiger partial charge in [0.25, 0.3) is 5.91 Å². The predicted octanol–water partition coefficient (Wildman–Crippen LogP) is 0.478. The molecule has 1 heterocycles. The monoisotopic (exact) mass is 165 g/mol. The van der Waals surface area contributed by atoms with Crippen LogP contribution < -0.4 is 9.69 Å². The van der Waals surface area contributed by atoms with Crippen LogP contribution in [0.3, 0.4) is 0 Å². The van der Waals surface area contributed by atoms with Crippen molar-refractivity contribution >= 4 is 5.91 Å². The Labute approximate surface area is 72.2 Å². The summed E-state index contributed by atoms with van der Waals surface area (Å²) >= 11 is 0. The topological polar surface area (TPSA) is 24.2 Å². The molecule has 0 saturated carbocycles. The van der Waals surface area contributed by atoms with Gasteiger partial charge < -0.3 is 0 Å². The molecule has 3 nitrogen and oxygen atoms in total. The molecule has 3 heteroatoms. The summed E-state index contributed by atoms with van der Waals surface area (Å²) in [5.74, 6) is 0.0497. The highest BCUT2D eigenvalue weighted by molar-refractivity contribution is 5.81. The third kappa shape index (κ3) is 1.81. The molecule has 0 spiro atoms. The van der Waals surface area contributed by atoms with Crippen molar-refractivity contribution in [1.82, 2.24) is 0 Å². The van der Waals surface area contributed by atoms with E-state index < -0.39 is 0 Å². The van der Waals surface area contributed by atoms with Gasteiger partial charge >= 0.3 is 0 Å². The van der Waals surface area contributed by atoms with E-state index in [1.54, 1.807) is 16.6 Å². The van der Waals surface area contributed by atoms with Crippen molar-refractivity contribution in [2.24, 2.45) is 0 Å². The van der Waals surface area contributed by atoms with E-state index in [0.717, 1.165) is 0 Å². The van der Waals surface area contributed by atoms with Gasteiger partial charge in [-0.3, -0.25) is 4.79 Å². The maximum absolute atomic E-state index is 11.1. The molecular formula is C9H13N2O+. The fourth-order valence-corrected chi connectivity index (χ4v) is 1.10. The SMILES string of the molecule is CCN(C(C)=O)[n+]1ccccc1. The molecule has 0 fully saturated rings. The van der Waals surface area contributed by atoms with Crippen LogP contribution in [0.25, 0.3) is 0 Å². The smallest absolute Gasteiger partial charge is 0.269 e. The molecule has 0 atom stereocenters. The van der Waals surface area contributed by atoms with E-state index in [1.807, 2.05) is 37.5 Å². The van der Waals surface area contributed by atoms with E-state index in [9.17, 15) is 4.79 Å². The van der Waals surface area contributed by atoms with Gasteiger partial charge in [0.05, 0.1) is 6.54 Å². The molecule has 0 aliphatic heterocycles. The minimum atomic E-state index is 0.0497. The summed E-state index contributed by atoms with van der Waals surface area (Å²) in [4.78, 5) is 11.1. The van der Waals surface area contributed by atoms with E-state index in [4.69, 9.17) is 0 Å². The largest absolute Gasteiger partial charge is 0.274 e. The molecule has 0 radical (unpaired) electrons.